The van der Waals surface area contributed by atoms with E-state index in [0.717, 1.165) is 11.3 Å². The lowest BCUT2D eigenvalue weighted by atomic mass is 10.2. The number of ether oxygens (including phenoxy) is 1. The summed E-state index contributed by atoms with van der Waals surface area (Å²) in [4.78, 5) is 53.7. The lowest BCUT2D eigenvalue weighted by molar-refractivity contribution is -0.384. The Bertz CT molecular complexity index is 1150. The van der Waals surface area contributed by atoms with E-state index in [1.165, 1.54) is 24.3 Å². The number of thiophene rings is 1. The van der Waals surface area contributed by atoms with Gasteiger partial charge >= 0.3 is 5.97 Å². The summed E-state index contributed by atoms with van der Waals surface area (Å²) in [6.45, 7) is 2.70. The third-order valence-electron chi connectivity index (χ3n) is 3.80. The first kappa shape index (κ1) is 19.2. The second-order valence-electron chi connectivity index (χ2n) is 5.82. The molecule has 0 aliphatic rings. The van der Waals surface area contributed by atoms with Crippen LogP contribution < -0.4 is 10.9 Å². The summed E-state index contributed by atoms with van der Waals surface area (Å²) < 4.78 is 5.02. The van der Waals surface area contributed by atoms with E-state index in [1.807, 2.05) is 0 Å². The monoisotopic (exact) mass is 402 g/mol. The number of hydrogen-bond acceptors (Lipinski definition) is 8. The van der Waals surface area contributed by atoms with E-state index in [4.69, 9.17) is 4.74 Å². The van der Waals surface area contributed by atoms with Crippen LogP contribution in [0.5, 0.6) is 0 Å². The molecule has 1 amide bonds. The Hall–Kier alpha value is -3.60. The van der Waals surface area contributed by atoms with Gasteiger partial charge in [0.15, 0.2) is 6.61 Å². The Morgan fingerprint density at radius 1 is 1.29 bits per heavy atom. The lowest BCUT2D eigenvalue weighted by Gasteiger charge is -2.06. The zero-order valence-corrected chi connectivity index (χ0v) is 15.6. The highest BCUT2D eigenvalue weighted by molar-refractivity contribution is 7.20. The number of aromatic nitrogens is 2. The van der Waals surface area contributed by atoms with Gasteiger partial charge in [-0.2, -0.15) is 0 Å². The molecule has 0 saturated carbocycles. The maximum absolute atomic E-state index is 12.3. The first-order chi connectivity index (χ1) is 13.3. The maximum Gasteiger partial charge on any atom is 0.349 e. The summed E-state index contributed by atoms with van der Waals surface area (Å²) in [7, 11) is 0. The van der Waals surface area contributed by atoms with Crippen LogP contribution in [0, 0.1) is 24.0 Å². The van der Waals surface area contributed by atoms with Gasteiger partial charge in [-0.05, 0) is 31.5 Å². The summed E-state index contributed by atoms with van der Waals surface area (Å²) in [5.74, 6) is -0.912. The molecule has 3 aromatic rings. The van der Waals surface area contributed by atoms with Crippen LogP contribution in [-0.4, -0.2) is 33.4 Å². The molecule has 2 N–H and O–H groups in total. The first-order valence-corrected chi connectivity index (χ1v) is 8.79. The van der Waals surface area contributed by atoms with Gasteiger partial charge in [0.2, 0.25) is 0 Å². The number of aryl methyl sites for hydroxylation is 2. The number of carbonyl (C=O) groups is 2. The average Bonchev–Trinajstić information content (AvgIpc) is 2.96. The molecule has 0 aliphatic heterocycles. The highest BCUT2D eigenvalue weighted by Crippen LogP contribution is 2.27. The van der Waals surface area contributed by atoms with Gasteiger partial charge in [0.05, 0.1) is 10.3 Å². The van der Waals surface area contributed by atoms with Crippen molar-refractivity contribution in [3.05, 3.63) is 61.0 Å². The molecule has 144 valence electrons. The van der Waals surface area contributed by atoms with E-state index in [9.17, 15) is 24.5 Å². The minimum Gasteiger partial charge on any atom is -0.451 e. The minimum absolute atomic E-state index is 0.108. The third kappa shape index (κ3) is 3.88. The Morgan fingerprint density at radius 3 is 2.61 bits per heavy atom. The molecule has 0 unspecified atom stereocenters. The Labute approximate surface area is 161 Å². The molecule has 2 heterocycles. The molecule has 0 atom stereocenters. The van der Waals surface area contributed by atoms with Gasteiger partial charge in [-0.1, -0.05) is 0 Å². The summed E-state index contributed by atoms with van der Waals surface area (Å²) >= 11 is 1.02. The van der Waals surface area contributed by atoms with Gasteiger partial charge in [-0.25, -0.2) is 9.78 Å². The topological polar surface area (TPSA) is 144 Å². The summed E-state index contributed by atoms with van der Waals surface area (Å²) in [6, 6.07) is 5.23. The number of benzene rings is 1. The minimum atomic E-state index is -0.739. The number of nitrogens with one attached hydrogen (secondary N) is 2. The van der Waals surface area contributed by atoms with Crippen molar-refractivity contribution in [3.8, 4) is 0 Å². The van der Waals surface area contributed by atoms with Crippen LogP contribution in [0.4, 0.5) is 11.4 Å². The van der Waals surface area contributed by atoms with E-state index in [-0.39, 0.29) is 16.1 Å². The number of H-pyrrole nitrogens is 1. The number of amides is 1. The van der Waals surface area contributed by atoms with E-state index in [1.54, 1.807) is 13.8 Å². The van der Waals surface area contributed by atoms with Gasteiger partial charge in [-0.15, -0.1) is 11.3 Å². The largest absolute Gasteiger partial charge is 0.451 e. The van der Waals surface area contributed by atoms with Crippen LogP contribution in [0.2, 0.25) is 0 Å². The van der Waals surface area contributed by atoms with Crippen molar-refractivity contribution in [2.45, 2.75) is 13.8 Å². The second kappa shape index (κ2) is 7.56. The van der Waals surface area contributed by atoms with Crippen molar-refractivity contribution in [2.75, 3.05) is 11.9 Å². The van der Waals surface area contributed by atoms with Gasteiger partial charge in [-0.3, -0.25) is 19.7 Å². The van der Waals surface area contributed by atoms with Gasteiger partial charge < -0.3 is 15.0 Å². The number of non-ortho nitro benzene ring substituents is 1. The van der Waals surface area contributed by atoms with E-state index in [2.05, 4.69) is 15.3 Å². The van der Waals surface area contributed by atoms with Crippen LogP contribution in [-0.2, 0) is 9.53 Å². The molecule has 0 bridgehead atoms. The molecule has 0 aliphatic carbocycles. The molecule has 10 nitrogen and oxygen atoms in total. The summed E-state index contributed by atoms with van der Waals surface area (Å²) in [6.07, 6.45) is 0. The third-order valence-corrected chi connectivity index (χ3v) is 4.97. The fourth-order valence-corrected chi connectivity index (χ4v) is 3.63. The zero-order chi connectivity index (χ0) is 20.4. The number of nitro benzene ring substituents is 1. The molecule has 11 heteroatoms. The fraction of sp³-hybridized carbons (Fsp3) is 0.176. The van der Waals surface area contributed by atoms with Gasteiger partial charge in [0.25, 0.3) is 17.2 Å². The average molecular weight is 402 g/mol. The van der Waals surface area contributed by atoms with E-state index < -0.39 is 23.4 Å². The quantitative estimate of drug-likeness (QED) is 0.378. The van der Waals surface area contributed by atoms with Crippen molar-refractivity contribution < 1.29 is 19.2 Å². The van der Waals surface area contributed by atoms with Crippen LogP contribution in [0.1, 0.15) is 21.1 Å². The number of rotatable bonds is 5. The predicted molar refractivity (Wildman–Crippen MR) is 102 cm³/mol. The van der Waals surface area contributed by atoms with Crippen molar-refractivity contribution in [1.82, 2.24) is 9.97 Å². The molecule has 0 saturated heterocycles. The zero-order valence-electron chi connectivity index (χ0n) is 14.8. The molecule has 0 fully saturated rings. The smallest absolute Gasteiger partial charge is 0.349 e. The molecule has 2 aromatic heterocycles. The number of fused-ring (bicyclic) bond motifs is 1. The van der Waals surface area contributed by atoms with Crippen LogP contribution in [0.15, 0.2) is 29.1 Å². The van der Waals surface area contributed by atoms with Crippen molar-refractivity contribution >= 4 is 44.8 Å². The predicted octanol–water partition coefficient (Wildman–Crippen LogP) is 2.31. The number of carbonyl (C=O) groups excluding carboxylic acids is 2. The van der Waals surface area contributed by atoms with E-state index in [0.29, 0.717) is 27.3 Å². The van der Waals surface area contributed by atoms with Crippen molar-refractivity contribution in [3.63, 3.8) is 0 Å². The van der Waals surface area contributed by atoms with Crippen molar-refractivity contribution in [1.29, 1.82) is 0 Å². The normalized spacial score (nSPS) is 10.6. The first-order valence-electron chi connectivity index (χ1n) is 7.97. The lowest BCUT2D eigenvalue weighted by Crippen LogP contribution is -2.20. The molecule has 0 radical (unpaired) electrons. The highest BCUT2D eigenvalue weighted by Gasteiger charge is 2.21. The number of aromatic amines is 1. The van der Waals surface area contributed by atoms with Gasteiger partial charge in [0, 0.05) is 17.8 Å². The molecular weight excluding hydrogens is 388 g/mol. The highest BCUT2D eigenvalue weighted by atomic mass is 32.1. The molecule has 0 spiro atoms. The van der Waals surface area contributed by atoms with Crippen LogP contribution in [0.25, 0.3) is 10.2 Å². The molecule has 1 aromatic carbocycles. The van der Waals surface area contributed by atoms with Crippen LogP contribution >= 0.6 is 11.3 Å². The maximum atomic E-state index is 12.3. The molecular formula is C17H14N4O6S. The second-order valence-corrected chi connectivity index (χ2v) is 6.82. The standard InChI is InChI=1S/C17H14N4O6S/c1-8-13-15(23)18-9(2)19-16(13)28-14(8)17(24)27-7-12(22)20-10-3-5-11(6-4-10)21(25)26/h3-6H,7H2,1-2H3,(H,20,22)(H,18,19,23). The van der Waals surface area contributed by atoms with Crippen molar-refractivity contribution in [2.24, 2.45) is 0 Å². The number of esters is 1. The van der Waals surface area contributed by atoms with Gasteiger partial charge in [0.1, 0.15) is 15.5 Å². The molecule has 28 heavy (non-hydrogen) atoms. The van der Waals surface area contributed by atoms with Crippen LogP contribution in [0.3, 0.4) is 0 Å². The Kier molecular flexibility index (Phi) is 5.18. The number of hydrogen-bond donors (Lipinski definition) is 2. The number of anilines is 1. The Balaban J connectivity index is 1.67. The number of nitro groups is 1. The van der Waals surface area contributed by atoms with E-state index >= 15 is 0 Å². The fourth-order valence-electron chi connectivity index (χ4n) is 2.51. The number of nitrogens with zero attached hydrogens (tertiary/aromatic N) is 2. The Morgan fingerprint density at radius 2 is 1.96 bits per heavy atom. The SMILES string of the molecule is Cc1nc2sc(C(=O)OCC(=O)Nc3ccc([N+](=O)[O-])cc3)c(C)c2c(=O)[nH]1. The molecule has 3 rings (SSSR count). The summed E-state index contributed by atoms with van der Waals surface area (Å²) in [5, 5.41) is 13.4. The summed E-state index contributed by atoms with van der Waals surface area (Å²) in [5.41, 5.74) is 0.320.